The van der Waals surface area contributed by atoms with Crippen molar-refractivity contribution in [2.75, 3.05) is 19.8 Å². The van der Waals surface area contributed by atoms with Crippen molar-refractivity contribution < 1.29 is 129 Å². The SMILES string of the molecule is C/C=C(\C)C(=O)O[C@H]1CC(C)(C)C[C@H]2C3=CC[C@@H]4[C@@]5(C)CC[C@H](O[C@@H]6O[C@H](C(=O)O)[C@@H](O)[C@H](O[C@@H]7O[C@H](CO)[C@H](O)[C@H](O)[C@H]7O[C@@H]7O[C@@H](C)[C@H](O)[C@@H](O)[C@H]7O)[C@H]6O[C@@H]6O[C@H](CO)[C@@H](O)[C@H](O)[C@H]6O)C(C)(C)[C@@H]5CC[C@@]4(C)[C@]3(C)[C@@H](O)[C@@H](O)[C@@]12CO. The second-order valence-electron chi connectivity index (χ2n) is 27.9. The summed E-state index contributed by atoms with van der Waals surface area (Å²) in [5.74, 6) is -3.08. The quantitative estimate of drug-likeness (QED) is 0.0387. The molecule has 0 bridgehead atoms. The molecule has 31 atom stereocenters. The highest BCUT2D eigenvalue weighted by Crippen LogP contribution is 2.76. The second kappa shape index (κ2) is 24.3. The number of aliphatic carboxylic acids is 1. The van der Waals surface area contributed by atoms with Gasteiger partial charge in [-0.15, -0.1) is 0 Å². The summed E-state index contributed by atoms with van der Waals surface area (Å²) in [4.78, 5) is 26.7. The van der Waals surface area contributed by atoms with E-state index in [1.54, 1.807) is 19.9 Å². The molecule has 0 aromatic carbocycles. The first-order chi connectivity index (χ1) is 39.7. The summed E-state index contributed by atoms with van der Waals surface area (Å²) in [6.07, 6.45) is -35.6. The number of fused-ring (bicyclic) bond motifs is 7. The van der Waals surface area contributed by atoms with Crippen molar-refractivity contribution in [3.8, 4) is 0 Å². The Hall–Kier alpha value is -2.46. The first-order valence-electron chi connectivity index (χ1n) is 30.0. The number of rotatable bonds is 14. The predicted octanol–water partition coefficient (Wildman–Crippen LogP) is -2.01. The van der Waals surface area contributed by atoms with Crippen molar-refractivity contribution in [2.45, 2.75) is 261 Å². The third kappa shape index (κ3) is 10.8. The smallest absolute Gasteiger partial charge is 0.335 e. The maximum Gasteiger partial charge on any atom is 0.335 e. The van der Waals surface area contributed by atoms with Crippen molar-refractivity contribution >= 4 is 11.9 Å². The number of aliphatic hydroxyl groups excluding tert-OH is 14. The van der Waals surface area contributed by atoms with E-state index in [-0.39, 0.29) is 18.3 Å². The summed E-state index contributed by atoms with van der Waals surface area (Å²) in [5, 5.41) is 168. The minimum absolute atomic E-state index is 0.129. The lowest BCUT2D eigenvalue weighted by atomic mass is 9.32. The number of hydrogen-bond donors (Lipinski definition) is 15. The van der Waals surface area contributed by atoms with E-state index >= 15 is 0 Å². The highest BCUT2D eigenvalue weighted by molar-refractivity contribution is 5.87. The lowest BCUT2D eigenvalue weighted by Crippen LogP contribution is -2.74. The Morgan fingerprint density at radius 1 is 0.612 bits per heavy atom. The number of allylic oxidation sites excluding steroid dienone is 2. The highest BCUT2D eigenvalue weighted by atomic mass is 16.8. The number of hydrogen-bond acceptors (Lipinski definition) is 25. The van der Waals surface area contributed by atoms with E-state index < -0.39 is 217 Å². The van der Waals surface area contributed by atoms with E-state index in [4.69, 9.17) is 42.6 Å². The van der Waals surface area contributed by atoms with Gasteiger partial charge in [-0.05, 0) is 105 Å². The monoisotopic (exact) mass is 1220 g/mol. The van der Waals surface area contributed by atoms with Crippen molar-refractivity contribution in [1.82, 2.24) is 0 Å². The standard InChI is InChI=1S/C59H94O26/c1-11-23(2)49(76)80-32-19-54(4,5)18-26-25-12-13-30-56(8)16-15-31(55(6,7)29(56)14-17-57(30,9)58(25,10)46(72)47(73)59(26,32)22-62)81-53-45(85-51-40(70)37(67)34(64)27(20-60)78-51)42(41(71)43(83-53)48(74)75)82-52-44(38(68)35(65)28(21-61)79-52)84-50-39(69)36(66)33(63)24(3)77-50/h11-12,24,26-47,50-53,60-73H,13-22H2,1-10H3,(H,74,75)/b23-11+/t24-,26-,27+,28+,29-,30+,31-,32-,33-,34+,35-,36+,37-,38-,39+,40+,41-,42-,43-,44+,45+,46-,47+,50-,51-,52-,53+,56-,57+,58-,59+/m0/s1. The number of aliphatic hydroxyl groups is 14. The number of carbonyl (C=O) groups excluding carboxylic acids is 1. The molecule has 4 aliphatic heterocycles. The van der Waals surface area contributed by atoms with E-state index in [0.29, 0.717) is 44.1 Å². The van der Waals surface area contributed by atoms with Gasteiger partial charge < -0.3 is 119 Å². The normalized spacial score (nSPS) is 52.4. The van der Waals surface area contributed by atoms with E-state index in [2.05, 4.69) is 33.8 Å². The van der Waals surface area contributed by atoms with Crippen molar-refractivity contribution in [1.29, 1.82) is 0 Å². The first kappa shape index (κ1) is 66.9. The molecule has 0 aromatic rings. The number of carbonyl (C=O) groups is 2. The molecule has 85 heavy (non-hydrogen) atoms. The molecule has 9 rings (SSSR count). The Morgan fingerprint density at radius 2 is 1.18 bits per heavy atom. The molecular formula is C59H94O26. The summed E-state index contributed by atoms with van der Waals surface area (Å²) < 4.78 is 55.3. The summed E-state index contributed by atoms with van der Waals surface area (Å²) in [6.45, 7) is 16.9. The molecule has 4 saturated carbocycles. The third-order valence-corrected chi connectivity index (χ3v) is 22.6. The fourth-order valence-electron chi connectivity index (χ4n) is 17.3. The van der Waals surface area contributed by atoms with Gasteiger partial charge in [0.05, 0.1) is 49.7 Å². The van der Waals surface area contributed by atoms with Crippen LogP contribution < -0.4 is 0 Å². The second-order valence-corrected chi connectivity index (χ2v) is 27.9. The van der Waals surface area contributed by atoms with Gasteiger partial charge in [0.1, 0.15) is 91.6 Å². The molecule has 5 aliphatic carbocycles. The van der Waals surface area contributed by atoms with Crippen LogP contribution >= 0.6 is 0 Å². The van der Waals surface area contributed by atoms with Gasteiger partial charge in [0.15, 0.2) is 31.3 Å². The summed E-state index contributed by atoms with van der Waals surface area (Å²) in [7, 11) is 0. The summed E-state index contributed by atoms with van der Waals surface area (Å²) in [5.41, 5.74) is -3.59. The van der Waals surface area contributed by atoms with Crippen LogP contribution in [0.1, 0.15) is 114 Å². The maximum atomic E-state index is 13.5. The fourth-order valence-corrected chi connectivity index (χ4v) is 17.3. The number of ether oxygens (including phenoxy) is 9. The Kier molecular flexibility index (Phi) is 19.1. The van der Waals surface area contributed by atoms with Crippen molar-refractivity contribution in [2.24, 2.45) is 50.2 Å². The predicted molar refractivity (Wildman–Crippen MR) is 289 cm³/mol. The molecule has 4 saturated heterocycles. The van der Waals surface area contributed by atoms with Crippen LogP contribution in [0.25, 0.3) is 0 Å². The van der Waals surface area contributed by atoms with Crippen molar-refractivity contribution in [3.63, 3.8) is 0 Å². The van der Waals surface area contributed by atoms with E-state index in [1.165, 1.54) is 6.92 Å². The van der Waals surface area contributed by atoms with Gasteiger partial charge in [-0.1, -0.05) is 66.2 Å². The largest absolute Gasteiger partial charge is 0.479 e. The van der Waals surface area contributed by atoms with Crippen LogP contribution in [-0.2, 0) is 52.2 Å². The Morgan fingerprint density at radius 3 is 1.78 bits per heavy atom. The molecule has 0 amide bonds. The maximum absolute atomic E-state index is 13.5. The van der Waals surface area contributed by atoms with E-state index in [1.807, 2.05) is 20.8 Å². The molecule has 486 valence electrons. The van der Waals surface area contributed by atoms with Gasteiger partial charge >= 0.3 is 11.9 Å². The van der Waals surface area contributed by atoms with Crippen molar-refractivity contribution in [3.05, 3.63) is 23.3 Å². The van der Waals surface area contributed by atoms with Crippen LogP contribution in [-0.4, -0.2) is 256 Å². The topological polar surface area (TPSA) is 421 Å². The van der Waals surface area contributed by atoms with Crippen LogP contribution in [0.15, 0.2) is 23.3 Å². The lowest BCUT2D eigenvalue weighted by molar-refractivity contribution is -0.406. The number of carboxylic acids is 1. The highest BCUT2D eigenvalue weighted by Gasteiger charge is 2.75. The fraction of sp³-hybridized carbons (Fsp3) is 0.898. The molecule has 4 heterocycles. The van der Waals surface area contributed by atoms with Gasteiger partial charge in [-0.3, -0.25) is 0 Å². The van der Waals surface area contributed by atoms with Crippen LogP contribution in [0.3, 0.4) is 0 Å². The Labute approximate surface area is 494 Å². The molecule has 8 fully saturated rings. The lowest BCUT2D eigenvalue weighted by Gasteiger charge is -2.73. The molecule has 26 heteroatoms. The van der Waals surface area contributed by atoms with E-state index in [0.717, 1.165) is 5.57 Å². The first-order valence-corrected chi connectivity index (χ1v) is 30.0. The van der Waals surface area contributed by atoms with Crippen LogP contribution in [0.2, 0.25) is 0 Å². The van der Waals surface area contributed by atoms with Crippen LogP contribution in [0.4, 0.5) is 0 Å². The van der Waals surface area contributed by atoms with Gasteiger partial charge in [0, 0.05) is 11.0 Å². The van der Waals surface area contributed by atoms with Gasteiger partial charge in [0.25, 0.3) is 0 Å². The van der Waals surface area contributed by atoms with E-state index in [9.17, 15) is 86.2 Å². The van der Waals surface area contributed by atoms with Crippen LogP contribution in [0.5, 0.6) is 0 Å². The molecule has 0 aromatic heterocycles. The zero-order chi connectivity index (χ0) is 62.7. The summed E-state index contributed by atoms with van der Waals surface area (Å²) >= 11 is 0. The Balaban J connectivity index is 1.05. The van der Waals surface area contributed by atoms with Gasteiger partial charge in [-0.2, -0.15) is 0 Å². The minimum Gasteiger partial charge on any atom is -0.479 e. The Bertz CT molecular complexity index is 2460. The number of esters is 1. The van der Waals surface area contributed by atoms with Crippen LogP contribution in [0, 0.1) is 50.2 Å². The number of carboxylic acid groups (broad SMARTS) is 1. The molecule has 0 unspecified atom stereocenters. The molecule has 0 radical (unpaired) electrons. The summed E-state index contributed by atoms with van der Waals surface area (Å²) in [6, 6.07) is 0. The average Bonchev–Trinajstić information content (AvgIpc) is 0.703. The molecule has 9 aliphatic rings. The zero-order valence-corrected chi connectivity index (χ0v) is 50.0. The van der Waals surface area contributed by atoms with Gasteiger partial charge in [-0.25, -0.2) is 9.59 Å². The third-order valence-electron chi connectivity index (χ3n) is 22.6. The average molecular weight is 1220 g/mol. The molecule has 26 nitrogen and oxygen atoms in total. The molecular weight excluding hydrogens is 1120 g/mol. The zero-order valence-electron chi connectivity index (χ0n) is 50.0. The molecule has 0 spiro atoms. The minimum atomic E-state index is -2.29. The van der Waals surface area contributed by atoms with Gasteiger partial charge in [0.2, 0.25) is 0 Å². The molecule has 15 N–H and O–H groups in total.